The molecule has 1 nitrogen and oxygen atoms in total. The van der Waals surface area contributed by atoms with Crippen LogP contribution in [0.5, 0.6) is 0 Å². The van der Waals surface area contributed by atoms with Crippen molar-refractivity contribution in [1.29, 1.82) is 0 Å². The van der Waals surface area contributed by atoms with Crippen LogP contribution in [0.15, 0.2) is 30.3 Å². The minimum atomic E-state index is 0.645. The molecule has 1 rings (SSSR count). The van der Waals surface area contributed by atoms with E-state index in [4.69, 9.17) is 16.3 Å². The second-order valence-electron chi connectivity index (χ2n) is 5.33. The van der Waals surface area contributed by atoms with Crippen LogP contribution in [0, 0.1) is 11.8 Å². The Morgan fingerprint density at radius 1 is 1.17 bits per heavy atom. The van der Waals surface area contributed by atoms with Crippen LogP contribution in [0.3, 0.4) is 0 Å². The number of ether oxygens (including phenoxy) is 1. The van der Waals surface area contributed by atoms with Gasteiger partial charge in [-0.3, -0.25) is 0 Å². The predicted molar refractivity (Wildman–Crippen MR) is 79.0 cm³/mol. The summed E-state index contributed by atoms with van der Waals surface area (Å²) in [5.74, 6) is 2.16. The standard InChI is InChI=1S/C16H25ClO/c1-14(2)11-16(12-17)9-6-10-18-13-15-7-4-3-5-8-15/h3-5,7-8,14,16H,6,9-13H2,1-2H3. The minimum absolute atomic E-state index is 0.645. The van der Waals surface area contributed by atoms with E-state index in [1.165, 1.54) is 18.4 Å². The highest BCUT2D eigenvalue weighted by atomic mass is 35.5. The van der Waals surface area contributed by atoms with Crippen molar-refractivity contribution in [3.63, 3.8) is 0 Å². The van der Waals surface area contributed by atoms with Crippen molar-refractivity contribution in [2.75, 3.05) is 12.5 Å². The molecule has 18 heavy (non-hydrogen) atoms. The maximum absolute atomic E-state index is 5.98. The van der Waals surface area contributed by atoms with Gasteiger partial charge in [-0.05, 0) is 36.7 Å². The third-order valence-electron chi connectivity index (χ3n) is 3.04. The second-order valence-corrected chi connectivity index (χ2v) is 5.64. The lowest BCUT2D eigenvalue weighted by molar-refractivity contribution is 0.113. The fourth-order valence-corrected chi connectivity index (χ4v) is 2.44. The molecule has 1 aromatic rings. The molecule has 0 N–H and O–H groups in total. The molecule has 1 aromatic carbocycles. The van der Waals surface area contributed by atoms with E-state index in [0.29, 0.717) is 5.92 Å². The second kappa shape index (κ2) is 9.41. The lowest BCUT2D eigenvalue weighted by Gasteiger charge is -2.15. The summed E-state index contributed by atoms with van der Waals surface area (Å²) in [4.78, 5) is 0. The van der Waals surface area contributed by atoms with Crippen molar-refractivity contribution in [3.8, 4) is 0 Å². The number of benzene rings is 1. The van der Waals surface area contributed by atoms with E-state index in [1.54, 1.807) is 0 Å². The minimum Gasteiger partial charge on any atom is -0.377 e. The van der Waals surface area contributed by atoms with Gasteiger partial charge in [0, 0.05) is 12.5 Å². The zero-order chi connectivity index (χ0) is 13.2. The van der Waals surface area contributed by atoms with Crippen molar-refractivity contribution in [3.05, 3.63) is 35.9 Å². The summed E-state index contributed by atoms with van der Waals surface area (Å²) in [6, 6.07) is 10.3. The Morgan fingerprint density at radius 2 is 1.89 bits per heavy atom. The van der Waals surface area contributed by atoms with Crippen LogP contribution in [0.2, 0.25) is 0 Å². The highest BCUT2D eigenvalue weighted by Gasteiger charge is 2.09. The van der Waals surface area contributed by atoms with Crippen LogP contribution in [0.25, 0.3) is 0 Å². The maximum atomic E-state index is 5.98. The van der Waals surface area contributed by atoms with E-state index in [2.05, 4.69) is 26.0 Å². The summed E-state index contributed by atoms with van der Waals surface area (Å²) in [5, 5.41) is 0. The topological polar surface area (TPSA) is 9.23 Å². The SMILES string of the molecule is CC(C)CC(CCl)CCCOCc1ccccc1. The van der Waals surface area contributed by atoms with E-state index < -0.39 is 0 Å². The predicted octanol–water partition coefficient (Wildman–Crippen LogP) is 4.88. The first kappa shape index (κ1) is 15.5. The van der Waals surface area contributed by atoms with E-state index in [9.17, 15) is 0 Å². The van der Waals surface area contributed by atoms with Gasteiger partial charge in [0.15, 0.2) is 0 Å². The van der Waals surface area contributed by atoms with Gasteiger partial charge in [-0.2, -0.15) is 0 Å². The summed E-state index contributed by atoms with van der Waals surface area (Å²) < 4.78 is 5.68. The third kappa shape index (κ3) is 7.03. The molecule has 0 aliphatic rings. The van der Waals surface area contributed by atoms with Crippen molar-refractivity contribution >= 4 is 11.6 Å². The Labute approximate surface area is 116 Å². The van der Waals surface area contributed by atoms with Gasteiger partial charge in [0.05, 0.1) is 6.61 Å². The van der Waals surface area contributed by atoms with Crippen LogP contribution >= 0.6 is 11.6 Å². The fourth-order valence-electron chi connectivity index (χ4n) is 2.16. The van der Waals surface area contributed by atoms with Gasteiger partial charge in [-0.25, -0.2) is 0 Å². The molecule has 0 amide bonds. The Bertz CT molecular complexity index is 297. The van der Waals surface area contributed by atoms with Crippen LogP contribution in [0.1, 0.15) is 38.7 Å². The number of alkyl halides is 1. The van der Waals surface area contributed by atoms with Crippen LogP contribution < -0.4 is 0 Å². The highest BCUT2D eigenvalue weighted by molar-refractivity contribution is 6.18. The van der Waals surface area contributed by atoms with Gasteiger partial charge in [-0.1, -0.05) is 44.2 Å². The molecule has 0 fully saturated rings. The summed E-state index contributed by atoms with van der Waals surface area (Å²) in [7, 11) is 0. The van der Waals surface area contributed by atoms with Crippen molar-refractivity contribution in [2.24, 2.45) is 11.8 Å². The van der Waals surface area contributed by atoms with Crippen LogP contribution in [0.4, 0.5) is 0 Å². The molecule has 0 bridgehead atoms. The molecule has 1 atom stereocenters. The number of hydrogen-bond donors (Lipinski definition) is 0. The number of hydrogen-bond acceptors (Lipinski definition) is 1. The van der Waals surface area contributed by atoms with Gasteiger partial charge in [0.25, 0.3) is 0 Å². The summed E-state index contributed by atoms with van der Waals surface area (Å²) >= 11 is 5.98. The largest absolute Gasteiger partial charge is 0.377 e. The van der Waals surface area contributed by atoms with Gasteiger partial charge >= 0.3 is 0 Å². The molecule has 0 aliphatic carbocycles. The third-order valence-corrected chi connectivity index (χ3v) is 3.47. The molecule has 0 spiro atoms. The fraction of sp³-hybridized carbons (Fsp3) is 0.625. The van der Waals surface area contributed by atoms with Gasteiger partial charge in [0.1, 0.15) is 0 Å². The average Bonchev–Trinajstić information content (AvgIpc) is 2.37. The number of halogens is 1. The number of rotatable bonds is 9. The molecule has 2 heteroatoms. The first-order valence-corrected chi connectivity index (χ1v) is 7.43. The maximum Gasteiger partial charge on any atom is 0.0716 e. The van der Waals surface area contributed by atoms with E-state index >= 15 is 0 Å². The van der Waals surface area contributed by atoms with E-state index in [-0.39, 0.29) is 0 Å². The lowest BCUT2D eigenvalue weighted by Crippen LogP contribution is -2.08. The van der Waals surface area contributed by atoms with Crippen molar-refractivity contribution in [1.82, 2.24) is 0 Å². The molecule has 102 valence electrons. The molecule has 0 aliphatic heterocycles. The molecule has 0 saturated carbocycles. The van der Waals surface area contributed by atoms with Gasteiger partial charge in [-0.15, -0.1) is 11.6 Å². The molecular formula is C16H25ClO. The smallest absolute Gasteiger partial charge is 0.0716 e. The van der Waals surface area contributed by atoms with E-state index in [0.717, 1.165) is 31.4 Å². The quantitative estimate of drug-likeness (QED) is 0.458. The Balaban J connectivity index is 2.07. The first-order chi connectivity index (χ1) is 8.72. The highest BCUT2D eigenvalue weighted by Crippen LogP contribution is 2.18. The molecule has 0 radical (unpaired) electrons. The molecule has 0 saturated heterocycles. The van der Waals surface area contributed by atoms with Crippen molar-refractivity contribution in [2.45, 2.75) is 39.7 Å². The summed E-state index contributed by atoms with van der Waals surface area (Å²) in [6.07, 6.45) is 3.51. The Morgan fingerprint density at radius 3 is 2.50 bits per heavy atom. The normalized spacial score (nSPS) is 12.9. The Kier molecular flexibility index (Phi) is 8.11. The molecular weight excluding hydrogens is 244 g/mol. The zero-order valence-corrected chi connectivity index (χ0v) is 12.3. The molecule has 0 heterocycles. The van der Waals surface area contributed by atoms with Crippen molar-refractivity contribution < 1.29 is 4.74 Å². The zero-order valence-electron chi connectivity index (χ0n) is 11.6. The average molecular weight is 269 g/mol. The van der Waals surface area contributed by atoms with Gasteiger partial charge < -0.3 is 4.74 Å². The summed E-state index contributed by atoms with van der Waals surface area (Å²) in [5.41, 5.74) is 1.24. The Hall–Kier alpha value is -0.530. The lowest BCUT2D eigenvalue weighted by atomic mass is 9.95. The monoisotopic (exact) mass is 268 g/mol. The molecule has 0 aromatic heterocycles. The first-order valence-electron chi connectivity index (χ1n) is 6.90. The molecule has 1 unspecified atom stereocenters. The van der Waals surface area contributed by atoms with E-state index in [1.807, 2.05) is 18.2 Å². The van der Waals surface area contributed by atoms with Crippen LogP contribution in [-0.4, -0.2) is 12.5 Å². The summed E-state index contributed by atoms with van der Waals surface area (Å²) in [6.45, 7) is 6.06. The van der Waals surface area contributed by atoms with Gasteiger partial charge in [0.2, 0.25) is 0 Å². The van der Waals surface area contributed by atoms with Crippen LogP contribution in [-0.2, 0) is 11.3 Å².